The van der Waals surface area contributed by atoms with Gasteiger partial charge in [-0.05, 0) is 65.5 Å². The number of rotatable bonds is 15. The Morgan fingerprint density at radius 2 is 1.15 bits per heavy atom. The Balaban J connectivity index is 1.72. The lowest BCUT2D eigenvalue weighted by atomic mass is 10.1. The van der Waals surface area contributed by atoms with E-state index in [9.17, 15) is 74.8 Å². The minimum absolute atomic E-state index is 0.138. The van der Waals surface area contributed by atoms with Gasteiger partial charge in [-0.2, -0.15) is 57.0 Å². The normalized spacial score (nSPS) is 12.9. The SMILES string of the molecule is Nc1c(N=Nc2cc(S(=O)(=O)O)ccc2S(=O)(=O)O)c(S(=O)(=O)O)cc2cc(S(=O)(=O)O)c(N=Nc3cc(Nc4nc(Cl)nc(NCCC(=O)O)n4)ccc3S(=O)(=O)O)c(O)c12. The van der Waals surface area contributed by atoms with Gasteiger partial charge in [0.2, 0.25) is 17.2 Å². The van der Waals surface area contributed by atoms with E-state index in [0.29, 0.717) is 30.3 Å². The first-order chi connectivity index (χ1) is 28.4. The van der Waals surface area contributed by atoms with E-state index in [1.807, 2.05) is 0 Å². The number of nitrogens with two attached hydrogens (primary N) is 1. The molecular weight excluding hydrogens is 960 g/mol. The predicted octanol–water partition coefficient (Wildman–Crippen LogP) is 3.66. The van der Waals surface area contributed by atoms with E-state index in [4.69, 9.17) is 22.4 Å². The summed E-state index contributed by atoms with van der Waals surface area (Å²) in [5.41, 5.74) is 0.653. The molecule has 62 heavy (non-hydrogen) atoms. The second-order valence-corrected chi connectivity index (χ2v) is 19.2. The van der Waals surface area contributed by atoms with Crippen LogP contribution in [0.25, 0.3) is 10.8 Å². The van der Waals surface area contributed by atoms with Gasteiger partial charge in [0.15, 0.2) is 5.75 Å². The number of fused-ring (bicyclic) bond motifs is 1. The zero-order valence-electron chi connectivity index (χ0n) is 29.8. The highest BCUT2D eigenvalue weighted by Gasteiger charge is 2.29. The van der Waals surface area contributed by atoms with Gasteiger partial charge in [0.05, 0.1) is 22.4 Å². The van der Waals surface area contributed by atoms with Gasteiger partial charge >= 0.3 is 5.97 Å². The number of phenolic OH excluding ortho intramolecular Hbond substituents is 1. The van der Waals surface area contributed by atoms with Crippen molar-refractivity contribution >= 4 is 125 Å². The van der Waals surface area contributed by atoms with Crippen molar-refractivity contribution in [2.75, 3.05) is 22.9 Å². The zero-order valence-corrected chi connectivity index (χ0v) is 34.6. The molecule has 28 nitrogen and oxygen atoms in total. The molecule has 0 spiro atoms. The van der Waals surface area contributed by atoms with Crippen LogP contribution in [-0.2, 0) is 55.4 Å². The van der Waals surface area contributed by atoms with E-state index in [2.05, 4.69) is 46.0 Å². The van der Waals surface area contributed by atoms with Crippen LogP contribution in [0.15, 0.2) is 93.5 Å². The summed E-state index contributed by atoms with van der Waals surface area (Å²) in [5.74, 6) is -3.05. The molecule has 0 saturated carbocycles. The maximum atomic E-state index is 12.6. The lowest BCUT2D eigenvalue weighted by molar-refractivity contribution is -0.136. The molecule has 0 bridgehead atoms. The minimum atomic E-state index is -5.52. The molecule has 0 amide bonds. The Morgan fingerprint density at radius 3 is 1.68 bits per heavy atom. The highest BCUT2D eigenvalue weighted by molar-refractivity contribution is 7.87. The summed E-state index contributed by atoms with van der Waals surface area (Å²) in [5, 5.41) is 37.6. The van der Waals surface area contributed by atoms with Crippen molar-refractivity contribution < 1.29 is 79.9 Å². The second-order valence-electron chi connectivity index (χ2n) is 11.8. The Bertz CT molecular complexity index is 3350. The van der Waals surface area contributed by atoms with Gasteiger partial charge in [-0.1, -0.05) is 0 Å². The van der Waals surface area contributed by atoms with E-state index in [-0.39, 0.29) is 30.5 Å². The monoisotopic (exact) mass is 982 g/mol. The highest BCUT2D eigenvalue weighted by atomic mass is 35.5. The summed E-state index contributed by atoms with van der Waals surface area (Å²) >= 11 is 5.92. The molecule has 5 rings (SSSR count). The number of carboxylic acid groups (broad SMARTS) is 1. The predicted molar refractivity (Wildman–Crippen MR) is 209 cm³/mol. The van der Waals surface area contributed by atoms with E-state index in [1.165, 1.54) is 0 Å². The van der Waals surface area contributed by atoms with Crippen molar-refractivity contribution in [2.45, 2.75) is 30.9 Å². The molecule has 1 heterocycles. The van der Waals surface area contributed by atoms with E-state index in [1.54, 1.807) is 0 Å². The number of anilines is 4. The summed E-state index contributed by atoms with van der Waals surface area (Å²) in [6.07, 6.45) is -0.342. The fourth-order valence-electron chi connectivity index (χ4n) is 5.05. The quantitative estimate of drug-likeness (QED) is 0.0406. The molecule has 0 saturated heterocycles. The summed E-state index contributed by atoms with van der Waals surface area (Å²) in [7, 11) is -26.5. The molecule has 0 unspecified atom stereocenters. The maximum Gasteiger partial charge on any atom is 0.305 e. The summed E-state index contributed by atoms with van der Waals surface area (Å²) in [6, 6.07) is 4.89. The summed E-state index contributed by atoms with van der Waals surface area (Å²) < 4.78 is 171. The topological polar surface area (TPSA) is 468 Å². The van der Waals surface area contributed by atoms with Crippen molar-refractivity contribution in [2.24, 2.45) is 20.5 Å². The van der Waals surface area contributed by atoms with Crippen LogP contribution in [0, 0.1) is 0 Å². The van der Waals surface area contributed by atoms with Gasteiger partial charge in [0, 0.05) is 12.2 Å². The van der Waals surface area contributed by atoms with Gasteiger partial charge in [-0.15, -0.1) is 20.5 Å². The molecule has 34 heteroatoms. The molecule has 11 N–H and O–H groups in total. The summed E-state index contributed by atoms with van der Waals surface area (Å²) in [6.45, 7) is -0.138. The molecule has 330 valence electrons. The fourth-order valence-corrected chi connectivity index (χ4v) is 8.25. The molecule has 0 radical (unpaired) electrons. The number of benzene rings is 4. The third-order valence-corrected chi connectivity index (χ3v) is 12.2. The summed E-state index contributed by atoms with van der Waals surface area (Å²) in [4.78, 5) is 16.6. The van der Waals surface area contributed by atoms with Crippen LogP contribution in [0.1, 0.15) is 6.42 Å². The average Bonchev–Trinajstić information content (AvgIpc) is 3.11. The van der Waals surface area contributed by atoms with Gasteiger partial charge in [0.25, 0.3) is 50.6 Å². The number of aromatic hydroxyl groups is 1. The smallest absolute Gasteiger partial charge is 0.305 e. The molecule has 0 aliphatic carbocycles. The Hall–Kier alpha value is -6.14. The number of nitrogens with zero attached hydrogens (tertiary/aromatic N) is 7. The van der Waals surface area contributed by atoms with Crippen LogP contribution in [0.2, 0.25) is 5.28 Å². The van der Waals surface area contributed by atoms with Crippen molar-refractivity contribution in [3.8, 4) is 5.75 Å². The first kappa shape index (κ1) is 46.9. The molecule has 0 aliphatic heterocycles. The largest absolute Gasteiger partial charge is 0.505 e. The van der Waals surface area contributed by atoms with Crippen molar-refractivity contribution in [3.05, 3.63) is 53.8 Å². The van der Waals surface area contributed by atoms with Gasteiger partial charge < -0.3 is 26.6 Å². The number of aromatic nitrogens is 3. The number of nitrogens with one attached hydrogen (secondary N) is 2. The molecule has 4 aromatic carbocycles. The van der Waals surface area contributed by atoms with Gasteiger partial charge in [0.1, 0.15) is 42.3 Å². The Morgan fingerprint density at radius 1 is 0.645 bits per heavy atom. The Kier molecular flexibility index (Phi) is 12.8. The number of carboxylic acids is 1. The van der Waals surface area contributed by atoms with E-state index < -0.39 is 131 Å². The zero-order chi connectivity index (χ0) is 46.3. The lowest BCUT2D eigenvalue weighted by Gasteiger charge is -2.14. The number of halogens is 1. The van der Waals surface area contributed by atoms with E-state index in [0.717, 1.165) is 18.2 Å². The number of azo groups is 2. The van der Waals surface area contributed by atoms with Crippen molar-refractivity contribution in [1.29, 1.82) is 0 Å². The van der Waals surface area contributed by atoms with Crippen molar-refractivity contribution in [1.82, 2.24) is 15.0 Å². The van der Waals surface area contributed by atoms with Crippen LogP contribution >= 0.6 is 11.6 Å². The van der Waals surface area contributed by atoms with Crippen LogP contribution < -0.4 is 16.4 Å². The number of hydrogen-bond acceptors (Lipinski definition) is 22. The second kappa shape index (κ2) is 17.0. The first-order valence-electron chi connectivity index (χ1n) is 15.7. The Labute approximate surface area is 352 Å². The molecule has 0 fully saturated rings. The maximum absolute atomic E-state index is 12.6. The molecule has 0 aliphatic rings. The molecule has 0 atom stereocenters. The lowest BCUT2D eigenvalue weighted by Crippen LogP contribution is -2.11. The van der Waals surface area contributed by atoms with E-state index >= 15 is 0 Å². The third kappa shape index (κ3) is 10.8. The molecular formula is C28H23ClN10O18S5. The van der Waals surface area contributed by atoms with Gasteiger partial charge in [-0.25, -0.2) is 0 Å². The van der Waals surface area contributed by atoms with Crippen LogP contribution in [0.4, 0.5) is 46.0 Å². The number of carbonyl (C=O) groups is 1. The highest BCUT2D eigenvalue weighted by Crippen LogP contribution is 2.49. The van der Waals surface area contributed by atoms with Crippen molar-refractivity contribution in [3.63, 3.8) is 0 Å². The number of aliphatic carboxylic acids is 1. The van der Waals surface area contributed by atoms with Crippen LogP contribution in [-0.4, -0.2) is 103 Å². The fraction of sp³-hybridized carbons (Fsp3) is 0.0714. The van der Waals surface area contributed by atoms with Gasteiger partial charge in [-0.3, -0.25) is 27.6 Å². The molecule has 1 aromatic heterocycles. The number of phenols is 1. The minimum Gasteiger partial charge on any atom is -0.505 e. The standard InChI is InChI=1S/C28H23ClN10O18S5/c29-26-33-27(31-6-5-20(40)41)35-28(34-26)32-12-1-3-16(59(46,47)48)14(9-12)36-39-24-19(62(55,56)57)8-11-7-18(61(52,53)54)23(22(30)21(11)25(24)42)38-37-15-10-13(58(43,44)45)2-4-17(15)60(49,50)51/h1-4,7-10,42H,5-6,30H2,(H,40,41)(H,43,44,45)(H,46,47,48)(H,49,50,51)(H,52,53,54)(H,55,56,57)(H2,31,32,33,34,35). The van der Waals surface area contributed by atoms with Crippen LogP contribution in [0.3, 0.4) is 0 Å². The molecule has 5 aromatic rings. The third-order valence-electron chi connectivity index (χ3n) is 7.61. The van der Waals surface area contributed by atoms with Crippen LogP contribution in [0.5, 0.6) is 5.75 Å². The number of hydrogen-bond donors (Lipinski definition) is 10. The average molecular weight is 983 g/mol. The first-order valence-corrected chi connectivity index (χ1v) is 23.3. The number of nitrogen functional groups attached to an aromatic ring is 1.